The van der Waals surface area contributed by atoms with E-state index in [0.29, 0.717) is 32.1 Å². The molecule has 2 rings (SSSR count). The van der Waals surface area contributed by atoms with E-state index >= 15 is 0 Å². The number of nitrogens with zero attached hydrogens (tertiary/aromatic N) is 2. The van der Waals surface area contributed by atoms with Crippen molar-refractivity contribution in [3.8, 4) is 0 Å². The number of methoxy groups -OCH3 is 1. The van der Waals surface area contributed by atoms with Crippen molar-refractivity contribution in [2.75, 3.05) is 26.9 Å². The van der Waals surface area contributed by atoms with E-state index in [2.05, 4.69) is 5.10 Å². The second-order valence-corrected chi connectivity index (χ2v) is 5.15. The van der Waals surface area contributed by atoms with Gasteiger partial charge in [-0.3, -0.25) is 9.48 Å². The summed E-state index contributed by atoms with van der Waals surface area (Å²) in [6.45, 7) is 3.97. The number of aromatic nitrogens is 2. The quantitative estimate of drug-likeness (QED) is 0.598. The normalized spacial score (nSPS) is 26.8. The van der Waals surface area contributed by atoms with Crippen molar-refractivity contribution in [2.24, 2.45) is 11.1 Å². The number of ether oxygens (including phenoxy) is 2. The highest BCUT2D eigenvalue weighted by molar-refractivity contribution is 5.99. The van der Waals surface area contributed by atoms with Gasteiger partial charge in [0.1, 0.15) is 5.69 Å². The summed E-state index contributed by atoms with van der Waals surface area (Å²) in [5, 5.41) is 4.20. The van der Waals surface area contributed by atoms with Gasteiger partial charge in [-0.2, -0.15) is 5.10 Å². The standard InChI is InChI=1S/C13H21N3O3/c1-13(9-19-8-11(13)14)12(17)10-4-5-15-16(10)6-3-7-18-2/h4-5,11H,3,6-9,14H2,1-2H3. The van der Waals surface area contributed by atoms with E-state index in [-0.39, 0.29) is 11.8 Å². The summed E-state index contributed by atoms with van der Waals surface area (Å²) in [5.41, 5.74) is 5.94. The third-order valence-corrected chi connectivity index (χ3v) is 3.70. The van der Waals surface area contributed by atoms with Crippen LogP contribution in [0.2, 0.25) is 0 Å². The van der Waals surface area contributed by atoms with Crippen molar-refractivity contribution in [1.29, 1.82) is 0 Å². The number of carbonyl (C=O) groups excluding carboxylic acids is 1. The molecule has 1 aromatic heterocycles. The number of Topliss-reactive ketones (excluding diaryl/α,β-unsaturated/α-hetero) is 1. The highest BCUT2D eigenvalue weighted by Crippen LogP contribution is 2.31. The summed E-state index contributed by atoms with van der Waals surface area (Å²) in [6.07, 6.45) is 2.46. The Bertz CT molecular complexity index is 446. The Morgan fingerprint density at radius 3 is 3.16 bits per heavy atom. The largest absolute Gasteiger partial charge is 0.385 e. The Kier molecular flexibility index (Phi) is 4.34. The van der Waals surface area contributed by atoms with E-state index in [1.54, 1.807) is 24.1 Å². The predicted octanol–water partition coefficient (Wildman–Crippen LogP) is 0.466. The maximum absolute atomic E-state index is 12.6. The molecule has 2 unspecified atom stereocenters. The Balaban J connectivity index is 2.13. The topological polar surface area (TPSA) is 79.4 Å². The summed E-state index contributed by atoms with van der Waals surface area (Å²) in [4.78, 5) is 12.6. The smallest absolute Gasteiger partial charge is 0.190 e. The van der Waals surface area contributed by atoms with Crippen LogP contribution >= 0.6 is 0 Å². The molecule has 6 heteroatoms. The minimum Gasteiger partial charge on any atom is -0.385 e. The van der Waals surface area contributed by atoms with E-state index < -0.39 is 5.41 Å². The number of nitrogens with two attached hydrogens (primary N) is 1. The molecule has 2 N–H and O–H groups in total. The van der Waals surface area contributed by atoms with E-state index in [0.717, 1.165) is 6.42 Å². The summed E-state index contributed by atoms with van der Waals surface area (Å²) in [6, 6.07) is 1.48. The fourth-order valence-corrected chi connectivity index (χ4v) is 2.28. The molecule has 106 valence electrons. The number of carbonyl (C=O) groups is 1. The fraction of sp³-hybridized carbons (Fsp3) is 0.692. The predicted molar refractivity (Wildman–Crippen MR) is 70.0 cm³/mol. The lowest BCUT2D eigenvalue weighted by molar-refractivity contribution is 0.0754. The molecular formula is C13H21N3O3. The van der Waals surface area contributed by atoms with Gasteiger partial charge in [-0.1, -0.05) is 0 Å². The molecule has 0 aromatic carbocycles. The third kappa shape index (κ3) is 2.70. The van der Waals surface area contributed by atoms with E-state index in [4.69, 9.17) is 15.2 Å². The first-order valence-corrected chi connectivity index (χ1v) is 6.48. The molecule has 0 saturated carbocycles. The molecule has 19 heavy (non-hydrogen) atoms. The molecule has 1 aliphatic heterocycles. The van der Waals surface area contributed by atoms with Gasteiger partial charge < -0.3 is 15.2 Å². The lowest BCUT2D eigenvalue weighted by Crippen LogP contribution is -2.45. The van der Waals surface area contributed by atoms with Crippen LogP contribution in [-0.4, -0.2) is 48.5 Å². The zero-order valence-electron chi connectivity index (χ0n) is 11.5. The first kappa shape index (κ1) is 14.2. The van der Waals surface area contributed by atoms with Crippen molar-refractivity contribution in [3.05, 3.63) is 18.0 Å². The number of ketones is 1. The minimum atomic E-state index is -0.654. The van der Waals surface area contributed by atoms with Crippen LogP contribution in [0.4, 0.5) is 0 Å². The third-order valence-electron chi connectivity index (χ3n) is 3.70. The van der Waals surface area contributed by atoms with Crippen molar-refractivity contribution in [2.45, 2.75) is 25.9 Å². The van der Waals surface area contributed by atoms with Gasteiger partial charge in [0.15, 0.2) is 5.78 Å². The van der Waals surface area contributed by atoms with Crippen LogP contribution in [0.25, 0.3) is 0 Å². The van der Waals surface area contributed by atoms with Crippen molar-refractivity contribution >= 4 is 5.78 Å². The molecule has 2 atom stereocenters. The van der Waals surface area contributed by atoms with Gasteiger partial charge >= 0.3 is 0 Å². The SMILES string of the molecule is COCCCn1nccc1C(=O)C1(C)COCC1N. The molecule has 1 aromatic rings. The van der Waals surface area contributed by atoms with Crippen molar-refractivity contribution in [3.63, 3.8) is 0 Å². The highest BCUT2D eigenvalue weighted by atomic mass is 16.5. The number of aryl methyl sites for hydroxylation is 1. The first-order valence-electron chi connectivity index (χ1n) is 6.48. The first-order chi connectivity index (χ1) is 9.09. The lowest BCUT2D eigenvalue weighted by atomic mass is 9.80. The van der Waals surface area contributed by atoms with E-state index in [1.807, 2.05) is 6.92 Å². The van der Waals surface area contributed by atoms with Gasteiger partial charge in [0.25, 0.3) is 0 Å². The second-order valence-electron chi connectivity index (χ2n) is 5.15. The summed E-state index contributed by atoms with van der Waals surface area (Å²) < 4.78 is 12.1. The molecule has 2 heterocycles. The Labute approximate surface area is 112 Å². The average Bonchev–Trinajstić information content (AvgIpc) is 2.98. The molecule has 1 saturated heterocycles. The zero-order valence-corrected chi connectivity index (χ0v) is 11.5. The summed E-state index contributed by atoms with van der Waals surface area (Å²) >= 11 is 0. The highest BCUT2D eigenvalue weighted by Gasteiger charge is 2.45. The Hall–Kier alpha value is -1.24. The summed E-state index contributed by atoms with van der Waals surface area (Å²) in [5.74, 6) is 0.00687. The fourth-order valence-electron chi connectivity index (χ4n) is 2.28. The van der Waals surface area contributed by atoms with Crippen LogP contribution in [0.5, 0.6) is 0 Å². The molecule has 0 spiro atoms. The molecule has 1 fully saturated rings. The molecule has 0 radical (unpaired) electrons. The van der Waals surface area contributed by atoms with Gasteiger partial charge in [-0.05, 0) is 19.4 Å². The van der Waals surface area contributed by atoms with E-state index in [9.17, 15) is 4.79 Å². The average molecular weight is 267 g/mol. The van der Waals surface area contributed by atoms with Crippen LogP contribution in [0.15, 0.2) is 12.3 Å². The Morgan fingerprint density at radius 1 is 1.74 bits per heavy atom. The number of rotatable bonds is 6. The zero-order chi connectivity index (χ0) is 13.9. The number of hydrogen-bond donors (Lipinski definition) is 1. The lowest BCUT2D eigenvalue weighted by Gasteiger charge is -2.25. The molecule has 0 bridgehead atoms. The Morgan fingerprint density at radius 2 is 2.53 bits per heavy atom. The van der Waals surface area contributed by atoms with Gasteiger partial charge in [0, 0.05) is 32.5 Å². The van der Waals surface area contributed by atoms with Gasteiger partial charge in [0.2, 0.25) is 0 Å². The van der Waals surface area contributed by atoms with Crippen LogP contribution in [0.1, 0.15) is 23.8 Å². The monoisotopic (exact) mass is 267 g/mol. The van der Waals surface area contributed by atoms with Gasteiger partial charge in [0.05, 0.1) is 18.6 Å². The van der Waals surface area contributed by atoms with Crippen LogP contribution in [0, 0.1) is 5.41 Å². The second kappa shape index (κ2) is 5.81. The minimum absolute atomic E-state index is 0.00687. The molecular weight excluding hydrogens is 246 g/mol. The van der Waals surface area contributed by atoms with Gasteiger partial charge in [-0.25, -0.2) is 0 Å². The summed E-state index contributed by atoms with van der Waals surface area (Å²) in [7, 11) is 1.66. The molecule has 6 nitrogen and oxygen atoms in total. The maximum atomic E-state index is 12.6. The molecule has 0 amide bonds. The van der Waals surface area contributed by atoms with Crippen LogP contribution in [0.3, 0.4) is 0 Å². The number of hydrogen-bond acceptors (Lipinski definition) is 5. The molecule has 1 aliphatic rings. The maximum Gasteiger partial charge on any atom is 0.190 e. The van der Waals surface area contributed by atoms with Crippen molar-refractivity contribution < 1.29 is 14.3 Å². The van der Waals surface area contributed by atoms with Crippen LogP contribution < -0.4 is 5.73 Å². The molecule has 0 aliphatic carbocycles. The van der Waals surface area contributed by atoms with Crippen LogP contribution in [-0.2, 0) is 16.0 Å². The van der Waals surface area contributed by atoms with Gasteiger partial charge in [-0.15, -0.1) is 0 Å². The van der Waals surface area contributed by atoms with Crippen molar-refractivity contribution in [1.82, 2.24) is 9.78 Å². The van der Waals surface area contributed by atoms with E-state index in [1.165, 1.54) is 0 Å².